The van der Waals surface area contributed by atoms with E-state index in [4.69, 9.17) is 9.47 Å². The molecule has 3 aromatic rings. The van der Waals surface area contributed by atoms with Crippen LogP contribution in [0.4, 0.5) is 4.39 Å². The lowest BCUT2D eigenvalue weighted by atomic mass is 10.2. The third-order valence-corrected chi connectivity index (χ3v) is 6.36. The van der Waals surface area contributed by atoms with Crippen LogP contribution in [0.2, 0.25) is 0 Å². The maximum Gasteiger partial charge on any atom is 0.273 e. The molecule has 0 aliphatic carbocycles. The molecule has 33 heavy (non-hydrogen) atoms. The van der Waals surface area contributed by atoms with Crippen LogP contribution in [0.3, 0.4) is 0 Å². The number of halogens is 1. The number of rotatable bonds is 8. The first-order valence-corrected chi connectivity index (χ1v) is 11.6. The highest BCUT2D eigenvalue weighted by atomic mass is 32.1. The monoisotopic (exact) mass is 467 g/mol. The van der Waals surface area contributed by atoms with E-state index in [1.54, 1.807) is 29.5 Å². The Morgan fingerprint density at radius 1 is 1.18 bits per heavy atom. The molecule has 0 radical (unpaired) electrons. The van der Waals surface area contributed by atoms with Crippen LogP contribution < -0.4 is 9.47 Å². The molecular formula is C25H26FN3O3S. The third kappa shape index (κ3) is 5.58. The van der Waals surface area contributed by atoms with Crippen LogP contribution >= 0.6 is 11.3 Å². The minimum atomic E-state index is -0.440. The first kappa shape index (κ1) is 22.9. The van der Waals surface area contributed by atoms with Gasteiger partial charge in [0.15, 0.2) is 0 Å². The van der Waals surface area contributed by atoms with Gasteiger partial charge in [-0.25, -0.2) is 9.37 Å². The lowest BCUT2D eigenvalue weighted by Crippen LogP contribution is -2.48. The average molecular weight is 468 g/mol. The topological polar surface area (TPSA) is 54.9 Å². The van der Waals surface area contributed by atoms with E-state index in [0.717, 1.165) is 30.9 Å². The molecule has 2 heterocycles. The number of benzene rings is 2. The molecule has 1 aliphatic rings. The molecule has 1 saturated heterocycles. The van der Waals surface area contributed by atoms with E-state index in [1.807, 2.05) is 30.3 Å². The summed E-state index contributed by atoms with van der Waals surface area (Å²) in [6, 6.07) is 12.2. The molecule has 172 valence electrons. The zero-order valence-electron chi connectivity index (χ0n) is 18.5. The van der Waals surface area contributed by atoms with Gasteiger partial charge in [0.25, 0.3) is 5.91 Å². The second-order valence-corrected chi connectivity index (χ2v) is 8.56. The van der Waals surface area contributed by atoms with Crippen LogP contribution in [0.15, 0.2) is 60.5 Å². The Balaban J connectivity index is 1.39. The number of carbonyl (C=O) groups is 1. The fourth-order valence-electron chi connectivity index (χ4n) is 3.66. The van der Waals surface area contributed by atoms with Crippen LogP contribution in [-0.2, 0) is 6.61 Å². The van der Waals surface area contributed by atoms with E-state index < -0.39 is 5.82 Å². The van der Waals surface area contributed by atoms with Crippen LogP contribution in [0, 0.1) is 5.82 Å². The Bertz CT molecular complexity index is 1130. The van der Waals surface area contributed by atoms with Crippen LogP contribution in [0.25, 0.3) is 10.6 Å². The molecule has 8 heteroatoms. The number of thiazole rings is 1. The van der Waals surface area contributed by atoms with E-state index in [-0.39, 0.29) is 5.91 Å². The minimum Gasteiger partial charge on any atom is -0.497 e. The van der Waals surface area contributed by atoms with E-state index in [9.17, 15) is 9.18 Å². The Labute approximate surface area is 196 Å². The quantitative estimate of drug-likeness (QED) is 0.457. The molecule has 0 bridgehead atoms. The number of ether oxygens (including phenoxy) is 2. The van der Waals surface area contributed by atoms with Gasteiger partial charge < -0.3 is 14.4 Å². The summed E-state index contributed by atoms with van der Waals surface area (Å²) in [7, 11) is 1.61. The number of nitrogens with zero attached hydrogens (tertiary/aromatic N) is 3. The van der Waals surface area contributed by atoms with Crippen molar-refractivity contribution in [3.8, 4) is 22.1 Å². The van der Waals surface area contributed by atoms with Crippen LogP contribution in [-0.4, -0.2) is 60.5 Å². The van der Waals surface area contributed by atoms with Gasteiger partial charge in [-0.1, -0.05) is 18.2 Å². The summed E-state index contributed by atoms with van der Waals surface area (Å²) in [5.41, 5.74) is 1.63. The Hall–Kier alpha value is -3.23. The number of methoxy groups -OCH3 is 1. The molecule has 1 fully saturated rings. The zero-order valence-corrected chi connectivity index (χ0v) is 19.3. The van der Waals surface area contributed by atoms with Crippen molar-refractivity contribution in [2.75, 3.05) is 39.8 Å². The second kappa shape index (κ2) is 10.6. The Kier molecular flexibility index (Phi) is 7.36. The van der Waals surface area contributed by atoms with E-state index >= 15 is 0 Å². The number of hydrogen-bond donors (Lipinski definition) is 0. The third-order valence-electron chi connectivity index (χ3n) is 5.48. The minimum absolute atomic E-state index is 0.116. The number of aromatic nitrogens is 1. The van der Waals surface area contributed by atoms with Crippen LogP contribution in [0.5, 0.6) is 11.5 Å². The highest BCUT2D eigenvalue weighted by molar-refractivity contribution is 7.13. The number of carbonyl (C=O) groups excluding carboxylic acids is 1. The van der Waals surface area contributed by atoms with Crippen molar-refractivity contribution in [3.63, 3.8) is 0 Å². The standard InChI is InChI=1S/C25H26FN3O3S/c1-3-9-28-10-12-29(13-11-28)25(30)23-17-33-24(27-23)21-8-7-20(15-22(21)26)32-16-18-5-4-6-19(14-18)31-2/h3-8,14-15,17H,1,9-13,16H2,2H3. The molecule has 0 saturated carbocycles. The largest absolute Gasteiger partial charge is 0.497 e. The summed E-state index contributed by atoms with van der Waals surface area (Å²) in [4.78, 5) is 21.3. The number of hydrogen-bond acceptors (Lipinski definition) is 6. The Morgan fingerprint density at radius 2 is 2.00 bits per heavy atom. The highest BCUT2D eigenvalue weighted by Gasteiger charge is 2.24. The maximum absolute atomic E-state index is 14.8. The predicted molar refractivity (Wildman–Crippen MR) is 127 cm³/mol. The number of amides is 1. The first-order valence-electron chi connectivity index (χ1n) is 10.7. The second-order valence-electron chi connectivity index (χ2n) is 7.70. The molecule has 2 aromatic carbocycles. The molecule has 1 amide bonds. The maximum atomic E-state index is 14.8. The van der Waals surface area contributed by atoms with Gasteiger partial charge >= 0.3 is 0 Å². The molecule has 4 rings (SSSR count). The fraction of sp³-hybridized carbons (Fsp3) is 0.280. The fourth-order valence-corrected chi connectivity index (χ4v) is 4.48. The molecule has 0 unspecified atom stereocenters. The van der Waals surface area contributed by atoms with Crippen LogP contribution in [0.1, 0.15) is 16.1 Å². The van der Waals surface area contributed by atoms with Gasteiger partial charge in [-0.2, -0.15) is 0 Å². The smallest absolute Gasteiger partial charge is 0.273 e. The molecular weight excluding hydrogens is 441 g/mol. The van der Waals surface area contributed by atoms with Crippen molar-refractivity contribution < 1.29 is 18.7 Å². The lowest BCUT2D eigenvalue weighted by molar-refractivity contribution is 0.0645. The summed E-state index contributed by atoms with van der Waals surface area (Å²) in [5.74, 6) is 0.605. The number of piperazine rings is 1. The van der Waals surface area contributed by atoms with Crippen molar-refractivity contribution in [3.05, 3.63) is 77.6 Å². The normalized spacial score (nSPS) is 14.2. The summed E-state index contributed by atoms with van der Waals surface area (Å²) in [5, 5.41) is 2.17. The van der Waals surface area contributed by atoms with Crippen molar-refractivity contribution in [2.24, 2.45) is 0 Å². The summed E-state index contributed by atoms with van der Waals surface area (Å²) in [6.07, 6.45) is 1.87. The van der Waals surface area contributed by atoms with E-state index in [0.29, 0.717) is 41.7 Å². The molecule has 6 nitrogen and oxygen atoms in total. The average Bonchev–Trinajstić information content (AvgIpc) is 3.33. The summed E-state index contributed by atoms with van der Waals surface area (Å²) >= 11 is 1.26. The van der Waals surface area contributed by atoms with Crippen molar-refractivity contribution >= 4 is 17.2 Å². The summed E-state index contributed by atoms with van der Waals surface area (Å²) < 4.78 is 25.8. The SMILES string of the molecule is C=CCN1CCN(C(=O)c2csc(-c3ccc(OCc4cccc(OC)c4)cc3F)n2)CC1. The zero-order chi connectivity index (χ0) is 23.2. The van der Waals surface area contributed by atoms with Gasteiger partial charge in [0.1, 0.15) is 34.6 Å². The lowest BCUT2D eigenvalue weighted by Gasteiger charge is -2.33. The first-order chi connectivity index (χ1) is 16.1. The molecule has 1 aliphatic heterocycles. The van der Waals surface area contributed by atoms with E-state index in [2.05, 4.69) is 16.5 Å². The van der Waals surface area contributed by atoms with Gasteiger partial charge in [-0.15, -0.1) is 17.9 Å². The summed E-state index contributed by atoms with van der Waals surface area (Å²) in [6.45, 7) is 7.78. The molecule has 1 aromatic heterocycles. The van der Waals surface area contributed by atoms with Crippen molar-refractivity contribution in [1.82, 2.24) is 14.8 Å². The van der Waals surface area contributed by atoms with Gasteiger partial charge in [-0.05, 0) is 29.8 Å². The highest BCUT2D eigenvalue weighted by Crippen LogP contribution is 2.30. The molecule has 0 spiro atoms. The van der Waals surface area contributed by atoms with Gasteiger partial charge in [0, 0.05) is 49.7 Å². The van der Waals surface area contributed by atoms with Gasteiger partial charge in [0.05, 0.1) is 7.11 Å². The van der Waals surface area contributed by atoms with Gasteiger partial charge in [-0.3, -0.25) is 9.69 Å². The Morgan fingerprint density at radius 3 is 2.73 bits per heavy atom. The molecule has 0 N–H and O–H groups in total. The predicted octanol–water partition coefficient (Wildman–Crippen LogP) is 4.48. The molecule has 0 atom stereocenters. The van der Waals surface area contributed by atoms with E-state index in [1.165, 1.54) is 17.4 Å². The van der Waals surface area contributed by atoms with Crippen molar-refractivity contribution in [1.29, 1.82) is 0 Å². The van der Waals surface area contributed by atoms with Crippen molar-refractivity contribution in [2.45, 2.75) is 6.61 Å². The van der Waals surface area contributed by atoms with Gasteiger partial charge in [0.2, 0.25) is 0 Å².